The summed E-state index contributed by atoms with van der Waals surface area (Å²) in [5.74, 6) is 5.63. The number of thiophene rings is 2. The first-order chi connectivity index (χ1) is 7.81. The van der Waals surface area contributed by atoms with Gasteiger partial charge in [-0.1, -0.05) is 6.07 Å². The molecule has 2 nitrogen and oxygen atoms in total. The summed E-state index contributed by atoms with van der Waals surface area (Å²) >= 11 is 3.59. The van der Waals surface area contributed by atoms with Gasteiger partial charge >= 0.3 is 0 Å². The maximum Gasteiger partial charge on any atom is 0.0559 e. The second-order valence-electron chi connectivity index (χ2n) is 3.81. The minimum absolute atomic E-state index is 0.280. The molecule has 0 saturated carbocycles. The van der Waals surface area contributed by atoms with Gasteiger partial charge in [0.25, 0.3) is 0 Å². The van der Waals surface area contributed by atoms with Gasteiger partial charge in [-0.2, -0.15) is 0 Å². The molecule has 2 aromatic heterocycles. The monoisotopic (exact) mass is 252 g/mol. The Morgan fingerprint density at radius 2 is 2.19 bits per heavy atom. The van der Waals surface area contributed by atoms with Gasteiger partial charge in [-0.25, -0.2) is 0 Å². The molecule has 2 aromatic rings. The standard InChI is InChI=1S/C12H16N2S2/c1-9-6-8-16-12(9)11(14-13)5-4-10-3-2-7-15-10/h2-3,6-8,11,14H,4-5,13H2,1H3. The lowest BCUT2D eigenvalue weighted by molar-refractivity contribution is 0.524. The highest BCUT2D eigenvalue weighted by atomic mass is 32.1. The predicted octanol–water partition coefficient (Wildman–Crippen LogP) is 3.26. The van der Waals surface area contributed by atoms with Crippen LogP contribution in [0.4, 0.5) is 0 Å². The summed E-state index contributed by atoms with van der Waals surface area (Å²) in [4.78, 5) is 2.79. The van der Waals surface area contributed by atoms with Crippen LogP contribution >= 0.6 is 22.7 Å². The van der Waals surface area contributed by atoms with E-state index in [1.165, 1.54) is 15.3 Å². The van der Waals surface area contributed by atoms with Gasteiger partial charge in [0.2, 0.25) is 0 Å². The van der Waals surface area contributed by atoms with Crippen molar-refractivity contribution in [1.29, 1.82) is 0 Å². The maximum absolute atomic E-state index is 5.63. The van der Waals surface area contributed by atoms with Crippen molar-refractivity contribution in [3.05, 3.63) is 44.3 Å². The largest absolute Gasteiger partial charge is 0.271 e. The molecule has 16 heavy (non-hydrogen) atoms. The Kier molecular flexibility index (Phi) is 4.12. The van der Waals surface area contributed by atoms with E-state index in [0.717, 1.165) is 12.8 Å². The number of nitrogens with two attached hydrogens (primary N) is 1. The van der Waals surface area contributed by atoms with Crippen LogP contribution in [0.3, 0.4) is 0 Å². The summed E-state index contributed by atoms with van der Waals surface area (Å²) in [5.41, 5.74) is 4.26. The Bertz CT molecular complexity index is 420. The SMILES string of the molecule is Cc1ccsc1C(CCc1cccs1)NN. The maximum atomic E-state index is 5.63. The van der Waals surface area contributed by atoms with Crippen molar-refractivity contribution in [3.63, 3.8) is 0 Å². The van der Waals surface area contributed by atoms with Crippen LogP contribution in [-0.2, 0) is 6.42 Å². The number of hydrogen-bond acceptors (Lipinski definition) is 4. The number of hydrazine groups is 1. The third-order valence-electron chi connectivity index (χ3n) is 2.68. The van der Waals surface area contributed by atoms with Crippen molar-refractivity contribution in [2.45, 2.75) is 25.8 Å². The summed E-state index contributed by atoms with van der Waals surface area (Å²) < 4.78 is 0. The van der Waals surface area contributed by atoms with Crippen molar-refractivity contribution in [3.8, 4) is 0 Å². The van der Waals surface area contributed by atoms with Crippen LogP contribution in [0.25, 0.3) is 0 Å². The molecule has 2 heterocycles. The average molecular weight is 252 g/mol. The molecule has 0 radical (unpaired) electrons. The average Bonchev–Trinajstić information content (AvgIpc) is 2.92. The molecule has 0 aromatic carbocycles. The Morgan fingerprint density at radius 1 is 1.31 bits per heavy atom. The Labute approximate surface area is 104 Å². The highest BCUT2D eigenvalue weighted by Gasteiger charge is 2.13. The minimum atomic E-state index is 0.280. The summed E-state index contributed by atoms with van der Waals surface area (Å²) in [5, 5.41) is 4.25. The lowest BCUT2D eigenvalue weighted by atomic mass is 10.1. The fourth-order valence-electron chi connectivity index (χ4n) is 1.77. The molecule has 0 fully saturated rings. The fraction of sp³-hybridized carbons (Fsp3) is 0.333. The van der Waals surface area contributed by atoms with Crippen LogP contribution in [0.5, 0.6) is 0 Å². The summed E-state index contributed by atoms with van der Waals surface area (Å²) in [6.45, 7) is 2.14. The molecule has 0 aliphatic carbocycles. The Morgan fingerprint density at radius 3 is 2.75 bits per heavy atom. The molecule has 4 heteroatoms. The van der Waals surface area contributed by atoms with Crippen LogP contribution in [0.15, 0.2) is 29.0 Å². The molecule has 0 saturated heterocycles. The molecule has 0 spiro atoms. The molecule has 86 valence electrons. The first-order valence-electron chi connectivity index (χ1n) is 5.33. The summed E-state index contributed by atoms with van der Waals surface area (Å²) in [6.07, 6.45) is 2.14. The van der Waals surface area contributed by atoms with Gasteiger partial charge < -0.3 is 0 Å². The molecule has 0 aliphatic rings. The molecular formula is C12H16N2S2. The number of aryl methyl sites for hydroxylation is 2. The van der Waals surface area contributed by atoms with Crippen LogP contribution in [0.2, 0.25) is 0 Å². The molecule has 0 amide bonds. The Balaban J connectivity index is 1.99. The van der Waals surface area contributed by atoms with Crippen molar-refractivity contribution in [1.82, 2.24) is 5.43 Å². The minimum Gasteiger partial charge on any atom is -0.271 e. The normalized spacial score (nSPS) is 12.9. The van der Waals surface area contributed by atoms with Crippen molar-refractivity contribution < 1.29 is 0 Å². The van der Waals surface area contributed by atoms with Crippen LogP contribution in [0.1, 0.15) is 27.8 Å². The first-order valence-corrected chi connectivity index (χ1v) is 7.09. The van der Waals surface area contributed by atoms with Crippen LogP contribution < -0.4 is 11.3 Å². The molecule has 1 atom stereocenters. The topological polar surface area (TPSA) is 38.0 Å². The smallest absolute Gasteiger partial charge is 0.0559 e. The number of rotatable bonds is 5. The van der Waals surface area contributed by atoms with Gasteiger partial charge in [0.15, 0.2) is 0 Å². The van der Waals surface area contributed by atoms with Crippen molar-refractivity contribution >= 4 is 22.7 Å². The van der Waals surface area contributed by atoms with E-state index in [1.807, 2.05) is 11.3 Å². The van der Waals surface area contributed by atoms with Gasteiger partial charge in [0.05, 0.1) is 6.04 Å². The molecule has 0 aliphatic heterocycles. The first kappa shape index (κ1) is 11.8. The van der Waals surface area contributed by atoms with E-state index >= 15 is 0 Å². The van der Waals surface area contributed by atoms with Crippen molar-refractivity contribution in [2.75, 3.05) is 0 Å². The van der Waals surface area contributed by atoms with Gasteiger partial charge in [-0.05, 0) is 48.2 Å². The molecular weight excluding hydrogens is 236 g/mol. The lowest BCUT2D eigenvalue weighted by Crippen LogP contribution is -2.28. The van der Waals surface area contributed by atoms with Crippen molar-refractivity contribution in [2.24, 2.45) is 5.84 Å². The zero-order valence-corrected chi connectivity index (χ0v) is 10.9. The van der Waals surface area contributed by atoms with Gasteiger partial charge in [-0.15, -0.1) is 22.7 Å². The highest BCUT2D eigenvalue weighted by molar-refractivity contribution is 7.10. The third-order valence-corrected chi connectivity index (χ3v) is 4.75. The lowest BCUT2D eigenvalue weighted by Gasteiger charge is -2.14. The third kappa shape index (κ3) is 2.71. The quantitative estimate of drug-likeness (QED) is 0.633. The van der Waals surface area contributed by atoms with E-state index < -0.39 is 0 Å². The second-order valence-corrected chi connectivity index (χ2v) is 5.79. The van der Waals surface area contributed by atoms with Gasteiger partial charge in [0, 0.05) is 9.75 Å². The highest BCUT2D eigenvalue weighted by Crippen LogP contribution is 2.27. The molecule has 1 unspecified atom stereocenters. The number of hydrogen-bond donors (Lipinski definition) is 2. The molecule has 3 N–H and O–H groups in total. The van der Waals surface area contributed by atoms with Gasteiger partial charge in [-0.3, -0.25) is 11.3 Å². The van der Waals surface area contributed by atoms with E-state index in [1.54, 1.807) is 11.3 Å². The van der Waals surface area contributed by atoms with E-state index in [2.05, 4.69) is 41.3 Å². The van der Waals surface area contributed by atoms with Crippen LogP contribution in [0, 0.1) is 6.92 Å². The van der Waals surface area contributed by atoms with Crippen LogP contribution in [-0.4, -0.2) is 0 Å². The van der Waals surface area contributed by atoms with E-state index in [0.29, 0.717) is 0 Å². The Hall–Kier alpha value is -0.680. The predicted molar refractivity (Wildman–Crippen MR) is 71.8 cm³/mol. The summed E-state index contributed by atoms with van der Waals surface area (Å²) in [6, 6.07) is 6.71. The zero-order valence-electron chi connectivity index (χ0n) is 9.27. The molecule has 2 rings (SSSR count). The second kappa shape index (κ2) is 5.59. The van der Waals surface area contributed by atoms with E-state index in [4.69, 9.17) is 5.84 Å². The number of nitrogens with one attached hydrogen (secondary N) is 1. The van der Waals surface area contributed by atoms with Gasteiger partial charge in [0.1, 0.15) is 0 Å². The fourth-order valence-corrected chi connectivity index (χ4v) is 3.52. The van der Waals surface area contributed by atoms with E-state index in [9.17, 15) is 0 Å². The van der Waals surface area contributed by atoms with E-state index in [-0.39, 0.29) is 6.04 Å². The zero-order chi connectivity index (χ0) is 11.4. The molecule has 0 bridgehead atoms. The summed E-state index contributed by atoms with van der Waals surface area (Å²) in [7, 11) is 0.